The van der Waals surface area contributed by atoms with Crippen molar-refractivity contribution < 1.29 is 0 Å². The predicted molar refractivity (Wildman–Crippen MR) is 41.0 cm³/mol. The molecular formula is C8H11N3. The zero-order valence-electron chi connectivity index (χ0n) is 6.25. The average Bonchev–Trinajstić information content (AvgIpc) is 2.60. The van der Waals surface area contributed by atoms with Crippen LogP contribution in [0.2, 0.25) is 0 Å². The van der Waals surface area contributed by atoms with Crippen LogP contribution in [0.25, 0.3) is 0 Å². The Hall–Kier alpha value is -0.830. The lowest BCUT2D eigenvalue weighted by Gasteiger charge is -2.08. The first kappa shape index (κ1) is 5.77. The van der Waals surface area contributed by atoms with E-state index < -0.39 is 0 Å². The minimum atomic E-state index is 0.508. The molecule has 0 spiro atoms. The standard InChI is InChI=1S/C8H11N3/c1-2-10-8(9-1)7-4-5-3-6(5)11-7/h1-2,5-7,11H,3-4H2,(H,9,10)/t5-,6-,7+/m0/s1. The quantitative estimate of drug-likeness (QED) is 0.621. The fourth-order valence-corrected chi connectivity index (χ4v) is 2.00. The minimum Gasteiger partial charge on any atom is -0.347 e. The van der Waals surface area contributed by atoms with Crippen molar-refractivity contribution in [2.45, 2.75) is 24.9 Å². The summed E-state index contributed by atoms with van der Waals surface area (Å²) in [6.07, 6.45) is 6.37. The van der Waals surface area contributed by atoms with Crippen LogP contribution in [-0.4, -0.2) is 16.0 Å². The summed E-state index contributed by atoms with van der Waals surface area (Å²) in [5.74, 6) is 2.06. The van der Waals surface area contributed by atoms with Crippen molar-refractivity contribution in [3.63, 3.8) is 0 Å². The number of hydrogen-bond donors (Lipinski definition) is 2. The normalized spacial score (nSPS) is 40.5. The second-order valence-corrected chi connectivity index (χ2v) is 3.53. The van der Waals surface area contributed by atoms with E-state index in [0.717, 1.165) is 17.8 Å². The van der Waals surface area contributed by atoms with E-state index in [9.17, 15) is 0 Å². The van der Waals surface area contributed by atoms with Gasteiger partial charge in [-0.1, -0.05) is 0 Å². The van der Waals surface area contributed by atoms with Gasteiger partial charge in [-0.15, -0.1) is 0 Å². The summed E-state index contributed by atoms with van der Waals surface area (Å²) in [6.45, 7) is 0. The lowest BCUT2D eigenvalue weighted by molar-refractivity contribution is 0.543. The fourth-order valence-electron chi connectivity index (χ4n) is 2.00. The van der Waals surface area contributed by atoms with Gasteiger partial charge >= 0.3 is 0 Å². The van der Waals surface area contributed by atoms with Crippen LogP contribution < -0.4 is 5.32 Å². The summed E-state index contributed by atoms with van der Waals surface area (Å²) in [7, 11) is 0. The second-order valence-electron chi connectivity index (χ2n) is 3.53. The van der Waals surface area contributed by atoms with Crippen molar-refractivity contribution in [2.75, 3.05) is 0 Å². The summed E-state index contributed by atoms with van der Waals surface area (Å²) in [4.78, 5) is 7.38. The topological polar surface area (TPSA) is 40.7 Å². The van der Waals surface area contributed by atoms with Crippen molar-refractivity contribution in [1.29, 1.82) is 0 Å². The number of H-pyrrole nitrogens is 1. The highest BCUT2D eigenvalue weighted by atomic mass is 15.1. The molecule has 3 nitrogen and oxygen atoms in total. The third-order valence-electron chi connectivity index (χ3n) is 2.73. The molecule has 2 N–H and O–H groups in total. The molecule has 3 heteroatoms. The van der Waals surface area contributed by atoms with E-state index in [1.165, 1.54) is 12.8 Å². The van der Waals surface area contributed by atoms with Gasteiger partial charge in [-0.3, -0.25) is 0 Å². The van der Waals surface area contributed by atoms with Crippen molar-refractivity contribution in [1.82, 2.24) is 15.3 Å². The molecule has 1 aliphatic heterocycles. The Kier molecular flexibility index (Phi) is 0.973. The van der Waals surface area contributed by atoms with E-state index in [0.29, 0.717) is 6.04 Å². The highest BCUT2D eigenvalue weighted by Crippen LogP contribution is 2.45. The first-order chi connectivity index (χ1) is 5.43. The van der Waals surface area contributed by atoms with E-state index in [2.05, 4.69) is 15.3 Å². The number of imidazole rings is 1. The van der Waals surface area contributed by atoms with E-state index in [-0.39, 0.29) is 0 Å². The van der Waals surface area contributed by atoms with Crippen molar-refractivity contribution in [3.05, 3.63) is 18.2 Å². The summed E-state index contributed by atoms with van der Waals surface area (Å²) in [6, 6.07) is 1.32. The van der Waals surface area contributed by atoms with E-state index in [4.69, 9.17) is 0 Å². The Labute approximate surface area is 65.2 Å². The van der Waals surface area contributed by atoms with Crippen molar-refractivity contribution in [3.8, 4) is 0 Å². The third kappa shape index (κ3) is 0.807. The molecule has 0 bridgehead atoms. The molecule has 11 heavy (non-hydrogen) atoms. The molecule has 2 fully saturated rings. The van der Waals surface area contributed by atoms with Gasteiger partial charge in [-0.25, -0.2) is 4.98 Å². The van der Waals surface area contributed by atoms with Gasteiger partial charge in [0.2, 0.25) is 0 Å². The molecule has 1 saturated carbocycles. The molecule has 0 unspecified atom stereocenters. The molecule has 2 aliphatic rings. The number of nitrogens with one attached hydrogen (secondary N) is 2. The molecule has 3 rings (SSSR count). The summed E-state index contributed by atoms with van der Waals surface area (Å²) in [5.41, 5.74) is 0. The SMILES string of the molecule is c1c[nH]c([C@H]2C[C@@H]3C[C@@H]3N2)n1. The number of nitrogens with zero attached hydrogens (tertiary/aromatic N) is 1. The van der Waals surface area contributed by atoms with Gasteiger partial charge in [0.1, 0.15) is 5.82 Å². The van der Waals surface area contributed by atoms with E-state index in [1.807, 2.05) is 12.4 Å². The molecule has 2 heterocycles. The molecule has 0 aromatic carbocycles. The first-order valence-corrected chi connectivity index (χ1v) is 4.19. The van der Waals surface area contributed by atoms with Crippen molar-refractivity contribution >= 4 is 0 Å². The van der Waals surface area contributed by atoms with Crippen LogP contribution in [0.5, 0.6) is 0 Å². The van der Waals surface area contributed by atoms with Crippen LogP contribution in [0, 0.1) is 5.92 Å². The molecule has 58 valence electrons. The Bertz CT molecular complexity index is 244. The molecular weight excluding hydrogens is 138 g/mol. The molecule has 1 aromatic heterocycles. The van der Waals surface area contributed by atoms with Crippen LogP contribution in [-0.2, 0) is 0 Å². The summed E-state index contributed by atoms with van der Waals surface area (Å²) < 4.78 is 0. The predicted octanol–water partition coefficient (Wildman–Crippen LogP) is 0.833. The maximum absolute atomic E-state index is 4.24. The Morgan fingerprint density at radius 1 is 1.45 bits per heavy atom. The van der Waals surface area contributed by atoms with Gasteiger partial charge in [-0.2, -0.15) is 0 Å². The van der Waals surface area contributed by atoms with Crippen LogP contribution in [0.3, 0.4) is 0 Å². The van der Waals surface area contributed by atoms with Crippen molar-refractivity contribution in [2.24, 2.45) is 5.92 Å². The first-order valence-electron chi connectivity index (χ1n) is 4.19. The number of rotatable bonds is 1. The van der Waals surface area contributed by atoms with Gasteiger partial charge in [0.15, 0.2) is 0 Å². The number of fused-ring (bicyclic) bond motifs is 1. The van der Waals surface area contributed by atoms with Crippen LogP contribution in [0.4, 0.5) is 0 Å². The molecule has 1 aromatic rings. The largest absolute Gasteiger partial charge is 0.347 e. The smallest absolute Gasteiger partial charge is 0.123 e. The highest BCUT2D eigenvalue weighted by molar-refractivity contribution is 5.09. The molecule has 0 amide bonds. The lowest BCUT2D eigenvalue weighted by atomic mass is 10.2. The number of aromatic amines is 1. The van der Waals surface area contributed by atoms with Crippen LogP contribution in [0.1, 0.15) is 24.7 Å². The van der Waals surface area contributed by atoms with Crippen LogP contribution >= 0.6 is 0 Å². The van der Waals surface area contributed by atoms with Gasteiger partial charge < -0.3 is 10.3 Å². The zero-order valence-corrected chi connectivity index (χ0v) is 6.25. The van der Waals surface area contributed by atoms with Gasteiger partial charge in [0.05, 0.1) is 6.04 Å². The Morgan fingerprint density at radius 3 is 3.09 bits per heavy atom. The van der Waals surface area contributed by atoms with E-state index in [1.54, 1.807) is 0 Å². The van der Waals surface area contributed by atoms with Gasteiger partial charge in [0, 0.05) is 18.4 Å². The maximum Gasteiger partial charge on any atom is 0.123 e. The zero-order chi connectivity index (χ0) is 7.26. The van der Waals surface area contributed by atoms with Gasteiger partial charge in [-0.05, 0) is 18.8 Å². The fraction of sp³-hybridized carbons (Fsp3) is 0.625. The third-order valence-corrected chi connectivity index (χ3v) is 2.73. The lowest BCUT2D eigenvalue weighted by Crippen LogP contribution is -2.18. The molecule has 3 atom stereocenters. The maximum atomic E-state index is 4.24. The monoisotopic (exact) mass is 149 g/mol. The Morgan fingerprint density at radius 2 is 2.45 bits per heavy atom. The Balaban J connectivity index is 1.81. The average molecular weight is 149 g/mol. The second kappa shape index (κ2) is 1.85. The number of piperidine rings is 1. The van der Waals surface area contributed by atoms with Crippen LogP contribution in [0.15, 0.2) is 12.4 Å². The highest BCUT2D eigenvalue weighted by Gasteiger charge is 2.46. The van der Waals surface area contributed by atoms with E-state index >= 15 is 0 Å². The molecule has 0 radical (unpaired) electrons. The summed E-state index contributed by atoms with van der Waals surface area (Å²) in [5, 5.41) is 3.54. The minimum absolute atomic E-state index is 0.508. The van der Waals surface area contributed by atoms with Gasteiger partial charge in [0.25, 0.3) is 0 Å². The summed E-state index contributed by atoms with van der Waals surface area (Å²) >= 11 is 0. The number of hydrogen-bond acceptors (Lipinski definition) is 2. The molecule has 1 saturated heterocycles. The number of aromatic nitrogens is 2. The molecule has 1 aliphatic carbocycles.